The summed E-state index contributed by atoms with van der Waals surface area (Å²) in [6.07, 6.45) is 69.1. The molecule has 0 N–H and O–H groups in total. The standard InChI is InChI=1S/C61H108O6/c1-4-7-10-13-16-19-22-25-28-30-33-36-39-42-45-48-51-54-60(63)66-57-58(56-65-59(62)53-50-47-44-41-38-35-32-27-24-21-18-15-12-9-6-3)67-61(64)55-52-49-46-43-40-37-34-31-29-26-23-20-17-14-11-8-5-2/h16-17,19-21,24-26,28-29,58H,4-15,18,22-23,27,30-57H2,1-3H3/b19-16+,20-17+,24-21+,28-25+,29-26+/t58-/m1/s1. The topological polar surface area (TPSA) is 78.9 Å². The summed E-state index contributed by atoms with van der Waals surface area (Å²) in [6, 6.07) is 0. The van der Waals surface area contributed by atoms with Gasteiger partial charge < -0.3 is 14.2 Å². The van der Waals surface area contributed by atoms with Crippen LogP contribution in [0.25, 0.3) is 0 Å². The normalized spacial score (nSPS) is 12.5. The number of ether oxygens (including phenoxy) is 3. The molecule has 0 saturated heterocycles. The number of carbonyl (C=O) groups excluding carboxylic acids is 3. The number of hydrogen-bond donors (Lipinski definition) is 0. The Kier molecular flexibility index (Phi) is 53.3. The Morgan fingerprint density at radius 2 is 0.537 bits per heavy atom. The molecule has 0 amide bonds. The molecule has 0 aromatic heterocycles. The van der Waals surface area contributed by atoms with Crippen LogP contribution in [0.5, 0.6) is 0 Å². The van der Waals surface area contributed by atoms with Crippen LogP contribution in [0, 0.1) is 0 Å². The Labute approximate surface area is 415 Å². The van der Waals surface area contributed by atoms with E-state index in [1.54, 1.807) is 0 Å². The van der Waals surface area contributed by atoms with E-state index < -0.39 is 6.10 Å². The van der Waals surface area contributed by atoms with Crippen LogP contribution in [-0.4, -0.2) is 37.2 Å². The summed E-state index contributed by atoms with van der Waals surface area (Å²) in [7, 11) is 0. The molecule has 0 aliphatic carbocycles. The van der Waals surface area contributed by atoms with E-state index in [4.69, 9.17) is 14.2 Å². The number of carbonyl (C=O) groups is 3. The van der Waals surface area contributed by atoms with Gasteiger partial charge in [-0.2, -0.15) is 0 Å². The Morgan fingerprint density at radius 1 is 0.299 bits per heavy atom. The lowest BCUT2D eigenvalue weighted by atomic mass is 10.1. The van der Waals surface area contributed by atoms with Gasteiger partial charge in [0.2, 0.25) is 0 Å². The molecule has 6 nitrogen and oxygen atoms in total. The molecule has 0 aromatic carbocycles. The summed E-state index contributed by atoms with van der Waals surface area (Å²) in [5, 5.41) is 0. The molecule has 0 radical (unpaired) electrons. The molecule has 1 atom stereocenters. The zero-order valence-electron chi connectivity index (χ0n) is 44.4. The molecule has 0 bridgehead atoms. The Morgan fingerprint density at radius 3 is 0.866 bits per heavy atom. The second-order valence-electron chi connectivity index (χ2n) is 19.2. The van der Waals surface area contributed by atoms with Gasteiger partial charge in [0, 0.05) is 19.3 Å². The molecular formula is C61H108O6. The second kappa shape index (κ2) is 55.7. The highest BCUT2D eigenvalue weighted by Gasteiger charge is 2.19. The molecule has 0 aromatic rings. The predicted octanol–water partition coefficient (Wildman–Crippen LogP) is 19.2. The van der Waals surface area contributed by atoms with Crippen LogP contribution in [-0.2, 0) is 28.6 Å². The first-order valence-corrected chi connectivity index (χ1v) is 28.8. The van der Waals surface area contributed by atoms with Crippen molar-refractivity contribution in [2.75, 3.05) is 13.2 Å². The van der Waals surface area contributed by atoms with Gasteiger partial charge in [0.15, 0.2) is 6.10 Å². The molecule has 0 spiro atoms. The van der Waals surface area contributed by atoms with Gasteiger partial charge in [-0.3, -0.25) is 14.4 Å². The van der Waals surface area contributed by atoms with Crippen molar-refractivity contribution in [1.82, 2.24) is 0 Å². The molecule has 0 unspecified atom stereocenters. The van der Waals surface area contributed by atoms with Gasteiger partial charge in [0.25, 0.3) is 0 Å². The third kappa shape index (κ3) is 53.9. The SMILES string of the molecule is CCCCC/C=C/C/C=C/CCCCCCCCCC(=O)OC[C@@H](COC(=O)CCCCCCCCC/C=C/CCCCCC)OC(=O)CCCCCCCCC/C=C/C/C=C/CCCCC. The van der Waals surface area contributed by atoms with Crippen molar-refractivity contribution in [3.05, 3.63) is 60.8 Å². The van der Waals surface area contributed by atoms with E-state index in [1.807, 2.05) is 0 Å². The molecule has 0 aliphatic heterocycles. The fourth-order valence-electron chi connectivity index (χ4n) is 8.09. The number of unbranched alkanes of at least 4 members (excludes halogenated alkanes) is 31. The van der Waals surface area contributed by atoms with Gasteiger partial charge in [-0.1, -0.05) is 223 Å². The average molecular weight is 938 g/mol. The van der Waals surface area contributed by atoms with Crippen molar-refractivity contribution in [2.45, 2.75) is 297 Å². The van der Waals surface area contributed by atoms with E-state index in [0.29, 0.717) is 19.3 Å². The Balaban J connectivity index is 4.40. The fraction of sp³-hybridized carbons (Fsp3) is 0.787. The van der Waals surface area contributed by atoms with Crippen molar-refractivity contribution in [1.29, 1.82) is 0 Å². The van der Waals surface area contributed by atoms with Crippen molar-refractivity contribution < 1.29 is 28.6 Å². The number of esters is 3. The van der Waals surface area contributed by atoms with Gasteiger partial charge in [0.1, 0.15) is 13.2 Å². The van der Waals surface area contributed by atoms with E-state index >= 15 is 0 Å². The number of hydrogen-bond acceptors (Lipinski definition) is 6. The quantitative estimate of drug-likeness (QED) is 0.0262. The van der Waals surface area contributed by atoms with Gasteiger partial charge >= 0.3 is 17.9 Å². The van der Waals surface area contributed by atoms with Crippen molar-refractivity contribution >= 4 is 17.9 Å². The minimum Gasteiger partial charge on any atom is -0.462 e. The highest BCUT2D eigenvalue weighted by Crippen LogP contribution is 2.15. The predicted molar refractivity (Wildman–Crippen MR) is 288 cm³/mol. The zero-order chi connectivity index (χ0) is 48.6. The molecule has 388 valence electrons. The number of allylic oxidation sites excluding steroid dienone is 10. The second-order valence-corrected chi connectivity index (χ2v) is 19.2. The smallest absolute Gasteiger partial charge is 0.306 e. The summed E-state index contributed by atoms with van der Waals surface area (Å²) in [5.41, 5.74) is 0. The van der Waals surface area contributed by atoms with Crippen molar-refractivity contribution in [3.8, 4) is 0 Å². The minimum atomic E-state index is -0.783. The molecule has 0 fully saturated rings. The highest BCUT2D eigenvalue weighted by molar-refractivity contribution is 5.71. The first kappa shape index (κ1) is 64.1. The molecule has 0 saturated carbocycles. The summed E-state index contributed by atoms with van der Waals surface area (Å²) < 4.78 is 16.9. The lowest BCUT2D eigenvalue weighted by Crippen LogP contribution is -2.30. The van der Waals surface area contributed by atoms with Gasteiger partial charge in [-0.15, -0.1) is 0 Å². The average Bonchev–Trinajstić information content (AvgIpc) is 3.33. The maximum atomic E-state index is 12.9. The van der Waals surface area contributed by atoms with E-state index in [9.17, 15) is 14.4 Å². The lowest BCUT2D eigenvalue weighted by molar-refractivity contribution is -0.167. The largest absolute Gasteiger partial charge is 0.462 e. The van der Waals surface area contributed by atoms with Crippen LogP contribution in [0.1, 0.15) is 290 Å². The van der Waals surface area contributed by atoms with E-state index in [-0.39, 0.29) is 31.1 Å². The van der Waals surface area contributed by atoms with E-state index in [0.717, 1.165) is 83.5 Å². The first-order valence-electron chi connectivity index (χ1n) is 28.8. The summed E-state index contributed by atoms with van der Waals surface area (Å²) in [4.78, 5) is 38.2. The maximum absolute atomic E-state index is 12.9. The molecule has 6 heteroatoms. The van der Waals surface area contributed by atoms with Crippen LogP contribution in [0.2, 0.25) is 0 Å². The van der Waals surface area contributed by atoms with Crippen LogP contribution in [0.3, 0.4) is 0 Å². The van der Waals surface area contributed by atoms with Crippen LogP contribution < -0.4 is 0 Å². The van der Waals surface area contributed by atoms with Crippen molar-refractivity contribution in [2.24, 2.45) is 0 Å². The molecule has 67 heavy (non-hydrogen) atoms. The highest BCUT2D eigenvalue weighted by atomic mass is 16.6. The van der Waals surface area contributed by atoms with Crippen molar-refractivity contribution in [3.63, 3.8) is 0 Å². The molecule has 0 rings (SSSR count). The summed E-state index contributed by atoms with van der Waals surface area (Å²) >= 11 is 0. The Bertz CT molecular complexity index is 1210. The third-order valence-corrected chi connectivity index (χ3v) is 12.5. The first-order chi connectivity index (χ1) is 33.0. The maximum Gasteiger partial charge on any atom is 0.306 e. The molecule has 0 heterocycles. The van der Waals surface area contributed by atoms with Gasteiger partial charge in [0.05, 0.1) is 0 Å². The van der Waals surface area contributed by atoms with Gasteiger partial charge in [-0.05, 0) is 109 Å². The van der Waals surface area contributed by atoms with Crippen LogP contribution >= 0.6 is 0 Å². The zero-order valence-corrected chi connectivity index (χ0v) is 44.4. The fourth-order valence-corrected chi connectivity index (χ4v) is 8.09. The summed E-state index contributed by atoms with van der Waals surface area (Å²) in [6.45, 7) is 6.58. The minimum absolute atomic E-state index is 0.0814. The Hall–Kier alpha value is -2.89. The van der Waals surface area contributed by atoms with Crippen LogP contribution in [0.4, 0.5) is 0 Å². The van der Waals surface area contributed by atoms with E-state index in [2.05, 4.69) is 81.5 Å². The van der Waals surface area contributed by atoms with Crippen LogP contribution in [0.15, 0.2) is 60.8 Å². The number of rotatable bonds is 52. The molecule has 0 aliphatic rings. The van der Waals surface area contributed by atoms with E-state index in [1.165, 1.54) is 167 Å². The third-order valence-electron chi connectivity index (χ3n) is 12.5. The van der Waals surface area contributed by atoms with Gasteiger partial charge in [-0.25, -0.2) is 0 Å². The lowest BCUT2D eigenvalue weighted by Gasteiger charge is -2.18. The monoisotopic (exact) mass is 937 g/mol. The summed E-state index contributed by atoms with van der Waals surface area (Å²) in [5.74, 6) is -0.891. The molecular weight excluding hydrogens is 829 g/mol.